The molecule has 25 heavy (non-hydrogen) atoms. The number of hydrogen-bond acceptors (Lipinski definition) is 4. The number of aromatic nitrogens is 2. The first-order valence-electron chi connectivity index (χ1n) is 7.74. The van der Waals surface area contributed by atoms with Crippen molar-refractivity contribution in [3.63, 3.8) is 0 Å². The molecule has 0 atom stereocenters. The van der Waals surface area contributed by atoms with Crippen LogP contribution in [0.15, 0.2) is 76.4 Å². The Balaban J connectivity index is 1.61. The number of benzene rings is 2. The lowest BCUT2D eigenvalue weighted by molar-refractivity contribution is 0.581. The van der Waals surface area contributed by atoms with Gasteiger partial charge in [-0.25, -0.2) is 18.2 Å². The highest BCUT2D eigenvalue weighted by Gasteiger charge is 2.12. The van der Waals surface area contributed by atoms with Crippen molar-refractivity contribution in [1.29, 1.82) is 0 Å². The molecular weight excluding hydrogens is 338 g/mol. The van der Waals surface area contributed by atoms with Gasteiger partial charge in [-0.15, -0.1) is 0 Å². The van der Waals surface area contributed by atoms with Crippen LogP contribution in [0.25, 0.3) is 11.3 Å². The van der Waals surface area contributed by atoms with Gasteiger partial charge in [0, 0.05) is 18.2 Å². The van der Waals surface area contributed by atoms with Crippen molar-refractivity contribution >= 4 is 10.0 Å². The molecule has 6 nitrogen and oxygen atoms in total. The van der Waals surface area contributed by atoms with Crippen LogP contribution in [-0.2, 0) is 16.4 Å². The fourth-order valence-corrected chi connectivity index (χ4v) is 3.41. The van der Waals surface area contributed by atoms with E-state index in [1.807, 2.05) is 24.3 Å². The van der Waals surface area contributed by atoms with Crippen molar-refractivity contribution in [3.05, 3.63) is 82.6 Å². The van der Waals surface area contributed by atoms with Crippen molar-refractivity contribution in [2.24, 2.45) is 0 Å². The smallest absolute Gasteiger partial charge is 0.264 e. The van der Waals surface area contributed by atoms with Crippen LogP contribution in [0.2, 0.25) is 0 Å². The van der Waals surface area contributed by atoms with E-state index in [0.717, 1.165) is 11.1 Å². The maximum atomic E-state index is 12.1. The zero-order valence-electron chi connectivity index (χ0n) is 13.3. The number of hydrogen-bond donors (Lipinski definition) is 2. The molecule has 0 aliphatic heterocycles. The Morgan fingerprint density at radius 3 is 2.28 bits per heavy atom. The first-order valence-corrected chi connectivity index (χ1v) is 9.23. The van der Waals surface area contributed by atoms with Gasteiger partial charge in [-0.3, -0.25) is 4.79 Å². The van der Waals surface area contributed by atoms with Gasteiger partial charge in [0.25, 0.3) is 5.56 Å². The second-order valence-electron chi connectivity index (χ2n) is 5.46. The van der Waals surface area contributed by atoms with Crippen molar-refractivity contribution in [1.82, 2.24) is 14.9 Å². The van der Waals surface area contributed by atoms with Crippen LogP contribution in [0.4, 0.5) is 0 Å². The van der Waals surface area contributed by atoms with E-state index in [9.17, 15) is 13.2 Å². The third-order valence-corrected chi connectivity index (χ3v) is 5.17. The van der Waals surface area contributed by atoms with E-state index in [4.69, 9.17) is 0 Å². The van der Waals surface area contributed by atoms with E-state index >= 15 is 0 Å². The predicted octanol–water partition coefficient (Wildman–Crippen LogP) is 1.96. The molecule has 0 aliphatic carbocycles. The summed E-state index contributed by atoms with van der Waals surface area (Å²) in [6.45, 7) is 0.313. The van der Waals surface area contributed by atoms with Gasteiger partial charge >= 0.3 is 0 Å². The number of rotatable bonds is 6. The highest BCUT2D eigenvalue weighted by Crippen LogP contribution is 2.16. The predicted molar refractivity (Wildman–Crippen MR) is 95.6 cm³/mol. The molecular formula is C18H17N3O3S. The van der Waals surface area contributed by atoms with Crippen LogP contribution in [-0.4, -0.2) is 25.2 Å². The Hall–Kier alpha value is -2.77. The van der Waals surface area contributed by atoms with Crippen LogP contribution in [0.1, 0.15) is 5.56 Å². The summed E-state index contributed by atoms with van der Waals surface area (Å²) in [5.41, 5.74) is 2.32. The van der Waals surface area contributed by atoms with E-state index in [1.54, 1.807) is 36.4 Å². The van der Waals surface area contributed by atoms with Crippen LogP contribution in [0.3, 0.4) is 0 Å². The van der Waals surface area contributed by atoms with E-state index in [2.05, 4.69) is 14.9 Å². The molecule has 0 amide bonds. The first kappa shape index (κ1) is 17.1. The van der Waals surface area contributed by atoms with Crippen molar-refractivity contribution in [2.45, 2.75) is 11.3 Å². The molecule has 0 spiro atoms. The summed E-state index contributed by atoms with van der Waals surface area (Å²) in [7, 11) is -3.48. The molecule has 2 aromatic carbocycles. The molecule has 7 heteroatoms. The molecule has 0 aliphatic rings. The summed E-state index contributed by atoms with van der Waals surface area (Å²) < 4.78 is 26.9. The van der Waals surface area contributed by atoms with Gasteiger partial charge in [0.15, 0.2) is 0 Å². The maximum Gasteiger partial charge on any atom is 0.264 e. The fourth-order valence-electron chi connectivity index (χ4n) is 2.36. The van der Waals surface area contributed by atoms with Crippen molar-refractivity contribution in [3.8, 4) is 11.3 Å². The fraction of sp³-hybridized carbons (Fsp3) is 0.111. The highest BCUT2D eigenvalue weighted by atomic mass is 32.2. The second kappa shape index (κ2) is 7.42. The summed E-state index contributed by atoms with van der Waals surface area (Å²) in [6.07, 6.45) is 0.575. The minimum Gasteiger partial charge on any atom is -0.268 e. The van der Waals surface area contributed by atoms with Crippen LogP contribution in [0, 0.1) is 0 Å². The zero-order valence-corrected chi connectivity index (χ0v) is 14.2. The number of aromatic amines is 1. The minimum atomic E-state index is -3.48. The highest BCUT2D eigenvalue weighted by molar-refractivity contribution is 7.89. The third kappa shape index (κ3) is 4.40. The number of H-pyrrole nitrogens is 1. The minimum absolute atomic E-state index is 0.244. The quantitative estimate of drug-likeness (QED) is 0.707. The normalized spacial score (nSPS) is 11.4. The molecule has 0 fully saturated rings. The van der Waals surface area contributed by atoms with Crippen molar-refractivity contribution in [2.75, 3.05) is 6.54 Å². The van der Waals surface area contributed by atoms with Gasteiger partial charge in [0.05, 0.1) is 10.6 Å². The molecule has 1 heterocycles. The number of sulfonamides is 1. The summed E-state index contributed by atoms with van der Waals surface area (Å²) >= 11 is 0. The van der Waals surface area contributed by atoms with Crippen LogP contribution < -0.4 is 10.3 Å². The molecule has 2 N–H and O–H groups in total. The van der Waals surface area contributed by atoms with Crippen LogP contribution >= 0.6 is 0 Å². The topological polar surface area (TPSA) is 91.9 Å². The molecule has 0 radical (unpaired) electrons. The molecule has 128 valence electrons. The third-order valence-electron chi connectivity index (χ3n) is 3.69. The average molecular weight is 355 g/mol. The molecule has 0 unspecified atom stereocenters. The number of nitrogens with zero attached hydrogens (tertiary/aromatic N) is 1. The molecule has 3 aromatic rings. The summed E-state index contributed by atoms with van der Waals surface area (Å²) in [5, 5.41) is 6.37. The molecule has 3 rings (SSSR count). The van der Waals surface area contributed by atoms with Gasteiger partial charge < -0.3 is 0 Å². The maximum absolute atomic E-state index is 12.1. The van der Waals surface area contributed by atoms with Crippen LogP contribution in [0.5, 0.6) is 0 Å². The summed E-state index contributed by atoms with van der Waals surface area (Å²) in [4.78, 5) is 11.3. The summed E-state index contributed by atoms with van der Waals surface area (Å²) in [5.74, 6) is 0. The molecule has 1 aromatic heterocycles. The van der Waals surface area contributed by atoms with Gasteiger partial charge in [-0.05, 0) is 30.2 Å². The van der Waals surface area contributed by atoms with E-state index in [0.29, 0.717) is 18.7 Å². The number of nitrogens with one attached hydrogen (secondary N) is 2. The van der Waals surface area contributed by atoms with Gasteiger partial charge in [0.1, 0.15) is 0 Å². The van der Waals surface area contributed by atoms with E-state index in [-0.39, 0.29) is 10.5 Å². The Kier molecular flexibility index (Phi) is 5.06. The lowest BCUT2D eigenvalue weighted by atomic mass is 10.1. The first-order chi connectivity index (χ1) is 12.0. The van der Waals surface area contributed by atoms with Gasteiger partial charge in [-0.2, -0.15) is 5.10 Å². The Morgan fingerprint density at radius 1 is 0.920 bits per heavy atom. The van der Waals surface area contributed by atoms with Crippen molar-refractivity contribution < 1.29 is 8.42 Å². The zero-order chi connectivity index (χ0) is 17.7. The van der Waals surface area contributed by atoms with E-state index in [1.165, 1.54) is 6.07 Å². The van der Waals surface area contributed by atoms with Gasteiger partial charge in [-0.1, -0.05) is 42.5 Å². The molecule has 0 saturated carbocycles. The largest absolute Gasteiger partial charge is 0.268 e. The van der Waals surface area contributed by atoms with E-state index < -0.39 is 10.0 Å². The Morgan fingerprint density at radius 2 is 1.64 bits per heavy atom. The lowest BCUT2D eigenvalue weighted by Crippen LogP contribution is -2.25. The molecule has 0 saturated heterocycles. The van der Waals surface area contributed by atoms with Gasteiger partial charge in [0.2, 0.25) is 10.0 Å². The second-order valence-corrected chi connectivity index (χ2v) is 7.23. The lowest BCUT2D eigenvalue weighted by Gasteiger charge is -2.07. The SMILES string of the molecule is O=c1ccc(-c2ccc(CCNS(=O)(=O)c3ccccc3)cc2)n[nH]1. The molecule has 0 bridgehead atoms. The monoisotopic (exact) mass is 355 g/mol. The summed E-state index contributed by atoms with van der Waals surface area (Å²) in [6, 6.07) is 19.0. The average Bonchev–Trinajstić information content (AvgIpc) is 2.64. The standard InChI is InChI=1S/C18H17N3O3S/c22-18-11-10-17(20-21-18)15-8-6-14(7-9-15)12-13-19-25(23,24)16-4-2-1-3-5-16/h1-11,19H,12-13H2,(H,21,22). The Labute approximate surface area is 145 Å². The Bertz CT molecular complexity index is 977.